The van der Waals surface area contributed by atoms with Gasteiger partial charge in [-0.15, -0.1) is 22.9 Å². The minimum atomic E-state index is 0.496. The summed E-state index contributed by atoms with van der Waals surface area (Å²) in [6, 6.07) is 10.3. The standard InChI is InChI=1S/C14H15ClOS/c1-11-4-2-5-12(10-15)14(11)16-8-7-13-6-3-9-17-13/h2-6,9H,7-8,10H2,1H3. The molecule has 1 heterocycles. The second kappa shape index (κ2) is 6.08. The van der Waals surface area contributed by atoms with Crippen molar-refractivity contribution in [2.45, 2.75) is 19.2 Å². The Bertz CT molecular complexity index is 465. The summed E-state index contributed by atoms with van der Waals surface area (Å²) >= 11 is 7.67. The first-order valence-electron chi connectivity index (χ1n) is 5.61. The lowest BCUT2D eigenvalue weighted by Crippen LogP contribution is -2.03. The highest BCUT2D eigenvalue weighted by atomic mass is 35.5. The van der Waals surface area contributed by atoms with E-state index in [-0.39, 0.29) is 0 Å². The molecule has 0 aliphatic rings. The lowest BCUT2D eigenvalue weighted by Gasteiger charge is -2.12. The molecule has 0 amide bonds. The molecule has 2 aromatic rings. The average Bonchev–Trinajstić information content (AvgIpc) is 2.84. The van der Waals surface area contributed by atoms with Gasteiger partial charge in [-0.3, -0.25) is 0 Å². The summed E-state index contributed by atoms with van der Waals surface area (Å²) in [5, 5.41) is 2.09. The predicted octanol–water partition coefficient (Wildman–Crippen LogP) is 4.42. The van der Waals surface area contributed by atoms with Gasteiger partial charge in [-0.2, -0.15) is 0 Å². The molecule has 17 heavy (non-hydrogen) atoms. The Balaban J connectivity index is 1.98. The van der Waals surface area contributed by atoms with Crippen LogP contribution in [0.4, 0.5) is 0 Å². The van der Waals surface area contributed by atoms with E-state index in [4.69, 9.17) is 16.3 Å². The Hall–Kier alpha value is -0.990. The quantitative estimate of drug-likeness (QED) is 0.728. The summed E-state index contributed by atoms with van der Waals surface area (Å²) in [6.45, 7) is 2.76. The molecule has 0 N–H and O–H groups in total. The molecule has 1 nitrogen and oxygen atoms in total. The number of halogens is 1. The van der Waals surface area contributed by atoms with Crippen LogP contribution >= 0.6 is 22.9 Å². The molecule has 0 unspecified atom stereocenters. The number of thiophene rings is 1. The Morgan fingerprint density at radius 1 is 1.24 bits per heavy atom. The van der Waals surface area contributed by atoms with Crippen molar-refractivity contribution < 1.29 is 4.74 Å². The van der Waals surface area contributed by atoms with Gasteiger partial charge in [0.05, 0.1) is 12.5 Å². The minimum Gasteiger partial charge on any atom is -0.493 e. The van der Waals surface area contributed by atoms with Gasteiger partial charge in [0.15, 0.2) is 0 Å². The number of hydrogen-bond acceptors (Lipinski definition) is 2. The normalized spacial score (nSPS) is 10.5. The fourth-order valence-electron chi connectivity index (χ4n) is 1.73. The number of hydrogen-bond donors (Lipinski definition) is 0. The summed E-state index contributed by atoms with van der Waals surface area (Å²) in [4.78, 5) is 1.35. The van der Waals surface area contributed by atoms with Crippen molar-refractivity contribution in [1.29, 1.82) is 0 Å². The molecule has 1 aromatic carbocycles. The van der Waals surface area contributed by atoms with E-state index in [9.17, 15) is 0 Å². The third-order valence-corrected chi connectivity index (χ3v) is 3.84. The van der Waals surface area contributed by atoms with E-state index in [2.05, 4.69) is 30.5 Å². The van der Waals surface area contributed by atoms with Gasteiger partial charge < -0.3 is 4.74 Å². The lowest BCUT2D eigenvalue weighted by molar-refractivity contribution is 0.318. The molecule has 0 fully saturated rings. The van der Waals surface area contributed by atoms with Crippen LogP contribution < -0.4 is 4.74 Å². The van der Waals surface area contributed by atoms with Gasteiger partial charge in [0.1, 0.15) is 5.75 Å². The van der Waals surface area contributed by atoms with E-state index in [1.54, 1.807) is 11.3 Å². The number of benzene rings is 1. The molecule has 0 bridgehead atoms. The highest BCUT2D eigenvalue weighted by Crippen LogP contribution is 2.25. The number of aryl methyl sites for hydroxylation is 1. The van der Waals surface area contributed by atoms with Crippen LogP contribution in [-0.2, 0) is 12.3 Å². The maximum absolute atomic E-state index is 5.90. The van der Waals surface area contributed by atoms with Crippen LogP contribution in [0.1, 0.15) is 16.0 Å². The molecule has 3 heteroatoms. The van der Waals surface area contributed by atoms with Crippen LogP contribution in [0.2, 0.25) is 0 Å². The van der Waals surface area contributed by atoms with Crippen molar-refractivity contribution in [3.8, 4) is 5.75 Å². The maximum Gasteiger partial charge on any atom is 0.126 e. The smallest absolute Gasteiger partial charge is 0.126 e. The van der Waals surface area contributed by atoms with Crippen molar-refractivity contribution in [1.82, 2.24) is 0 Å². The van der Waals surface area contributed by atoms with Gasteiger partial charge in [0, 0.05) is 16.9 Å². The summed E-state index contributed by atoms with van der Waals surface area (Å²) in [7, 11) is 0. The van der Waals surface area contributed by atoms with Crippen LogP contribution in [0.5, 0.6) is 5.75 Å². The van der Waals surface area contributed by atoms with Crippen molar-refractivity contribution in [3.63, 3.8) is 0 Å². The topological polar surface area (TPSA) is 9.23 Å². The van der Waals surface area contributed by atoms with Gasteiger partial charge in [0.2, 0.25) is 0 Å². The van der Waals surface area contributed by atoms with E-state index in [1.807, 2.05) is 12.1 Å². The number of para-hydroxylation sites is 1. The molecule has 0 atom stereocenters. The molecule has 0 radical (unpaired) electrons. The van der Waals surface area contributed by atoms with Gasteiger partial charge in [-0.1, -0.05) is 24.3 Å². The van der Waals surface area contributed by atoms with Crippen molar-refractivity contribution >= 4 is 22.9 Å². The monoisotopic (exact) mass is 266 g/mol. The zero-order valence-electron chi connectivity index (χ0n) is 9.78. The Morgan fingerprint density at radius 2 is 2.12 bits per heavy atom. The third-order valence-electron chi connectivity index (χ3n) is 2.61. The van der Waals surface area contributed by atoms with Gasteiger partial charge in [-0.25, -0.2) is 0 Å². The summed E-state index contributed by atoms with van der Waals surface area (Å²) in [5.74, 6) is 1.44. The predicted molar refractivity (Wildman–Crippen MR) is 74.3 cm³/mol. The van der Waals surface area contributed by atoms with Crippen molar-refractivity contribution in [2.24, 2.45) is 0 Å². The first-order valence-corrected chi connectivity index (χ1v) is 7.02. The molecule has 1 aromatic heterocycles. The molecule has 0 spiro atoms. The van der Waals surface area contributed by atoms with Crippen LogP contribution in [-0.4, -0.2) is 6.61 Å². The van der Waals surface area contributed by atoms with E-state index >= 15 is 0 Å². The molecular formula is C14H15ClOS. The van der Waals surface area contributed by atoms with E-state index in [0.29, 0.717) is 12.5 Å². The second-order valence-corrected chi connectivity index (χ2v) is 5.17. The molecule has 0 saturated heterocycles. The zero-order valence-corrected chi connectivity index (χ0v) is 11.4. The highest BCUT2D eigenvalue weighted by Gasteiger charge is 2.06. The molecule has 0 saturated carbocycles. The van der Waals surface area contributed by atoms with Gasteiger partial charge in [-0.05, 0) is 23.9 Å². The van der Waals surface area contributed by atoms with Crippen molar-refractivity contribution in [2.75, 3.05) is 6.61 Å². The number of alkyl halides is 1. The molecule has 0 aliphatic heterocycles. The number of ether oxygens (including phenoxy) is 1. The van der Waals surface area contributed by atoms with Crippen LogP contribution in [0.15, 0.2) is 35.7 Å². The number of rotatable bonds is 5. The SMILES string of the molecule is Cc1cccc(CCl)c1OCCc1cccs1. The van der Waals surface area contributed by atoms with Crippen LogP contribution in [0.25, 0.3) is 0 Å². The Kier molecular flexibility index (Phi) is 4.46. The largest absolute Gasteiger partial charge is 0.493 e. The van der Waals surface area contributed by atoms with E-state index < -0.39 is 0 Å². The highest BCUT2D eigenvalue weighted by molar-refractivity contribution is 7.09. The summed E-state index contributed by atoms with van der Waals surface area (Å²) in [5.41, 5.74) is 2.21. The summed E-state index contributed by atoms with van der Waals surface area (Å²) in [6.07, 6.45) is 0.952. The van der Waals surface area contributed by atoms with Crippen LogP contribution in [0, 0.1) is 6.92 Å². The second-order valence-electron chi connectivity index (χ2n) is 3.87. The fourth-order valence-corrected chi connectivity index (χ4v) is 2.63. The van der Waals surface area contributed by atoms with Gasteiger partial charge in [0.25, 0.3) is 0 Å². The fraction of sp³-hybridized carbons (Fsp3) is 0.286. The molecular weight excluding hydrogens is 252 g/mol. The Labute approximate surface area is 111 Å². The third kappa shape index (κ3) is 3.24. The Morgan fingerprint density at radius 3 is 2.82 bits per heavy atom. The van der Waals surface area contributed by atoms with Crippen LogP contribution in [0.3, 0.4) is 0 Å². The van der Waals surface area contributed by atoms with E-state index in [1.165, 1.54) is 4.88 Å². The molecule has 2 rings (SSSR count). The molecule has 0 aliphatic carbocycles. The van der Waals surface area contributed by atoms with E-state index in [0.717, 1.165) is 23.3 Å². The minimum absolute atomic E-state index is 0.496. The molecule has 90 valence electrons. The zero-order chi connectivity index (χ0) is 12.1. The first-order chi connectivity index (χ1) is 8.31. The lowest BCUT2D eigenvalue weighted by atomic mass is 10.1. The van der Waals surface area contributed by atoms with Crippen molar-refractivity contribution in [3.05, 3.63) is 51.7 Å². The maximum atomic E-state index is 5.90. The van der Waals surface area contributed by atoms with Gasteiger partial charge >= 0.3 is 0 Å². The summed E-state index contributed by atoms with van der Waals surface area (Å²) < 4.78 is 5.85. The average molecular weight is 267 g/mol. The first kappa shape index (κ1) is 12.5.